The number of para-hydroxylation sites is 1. The maximum Gasteiger partial charge on any atom is 0.250 e. The second kappa shape index (κ2) is 8.74. The molecular weight excluding hydrogens is 430 g/mol. The molecule has 5 rings (SSSR count). The van der Waals surface area contributed by atoms with Crippen LogP contribution in [0.15, 0.2) is 47.4 Å². The molecule has 1 N–H and O–H groups in total. The number of nitrogens with one attached hydrogen (secondary N) is 1. The van der Waals surface area contributed by atoms with Gasteiger partial charge in [-0.15, -0.1) is 11.8 Å². The van der Waals surface area contributed by atoms with Gasteiger partial charge in [-0.1, -0.05) is 12.1 Å². The monoisotopic (exact) mass is 453 g/mol. The molecule has 0 radical (unpaired) electrons. The van der Waals surface area contributed by atoms with Crippen molar-refractivity contribution in [1.82, 2.24) is 4.90 Å². The summed E-state index contributed by atoms with van der Waals surface area (Å²) in [5.74, 6) is 0.312. The van der Waals surface area contributed by atoms with Gasteiger partial charge in [0, 0.05) is 29.7 Å². The molecule has 0 spiro atoms. The van der Waals surface area contributed by atoms with Gasteiger partial charge < -0.3 is 24.6 Å². The molecule has 2 aromatic rings. The zero-order valence-corrected chi connectivity index (χ0v) is 18.2. The van der Waals surface area contributed by atoms with Gasteiger partial charge in [0.1, 0.15) is 19.8 Å². The Morgan fingerprint density at radius 3 is 2.59 bits per heavy atom. The number of hydrogen-bond donors (Lipinski definition) is 1. The summed E-state index contributed by atoms with van der Waals surface area (Å²) < 4.78 is 11.1. The van der Waals surface area contributed by atoms with E-state index in [9.17, 15) is 14.4 Å². The highest BCUT2D eigenvalue weighted by Gasteiger charge is 2.41. The normalized spacial score (nSPS) is 19.5. The van der Waals surface area contributed by atoms with Crippen LogP contribution in [0.5, 0.6) is 11.5 Å². The van der Waals surface area contributed by atoms with Gasteiger partial charge in [-0.3, -0.25) is 14.4 Å². The Hall–Kier alpha value is -3.20. The molecule has 3 aliphatic heterocycles. The number of benzene rings is 2. The van der Waals surface area contributed by atoms with Gasteiger partial charge in [-0.2, -0.15) is 0 Å². The number of rotatable bonds is 4. The Labute approximate surface area is 189 Å². The van der Waals surface area contributed by atoms with E-state index in [1.54, 1.807) is 29.2 Å². The van der Waals surface area contributed by atoms with E-state index in [1.807, 2.05) is 18.2 Å². The molecule has 8 nitrogen and oxygen atoms in total. The maximum absolute atomic E-state index is 13.3. The summed E-state index contributed by atoms with van der Waals surface area (Å²) >= 11 is 1.27. The third-order valence-electron chi connectivity index (χ3n) is 5.66. The molecule has 0 bridgehead atoms. The summed E-state index contributed by atoms with van der Waals surface area (Å²) in [7, 11) is 0. The first-order valence-electron chi connectivity index (χ1n) is 10.7. The number of carbonyl (C=O) groups excluding carboxylic acids is 3. The number of nitrogens with zero attached hydrogens (tertiary/aromatic N) is 2. The van der Waals surface area contributed by atoms with E-state index in [1.165, 1.54) is 16.7 Å². The fraction of sp³-hybridized carbons (Fsp3) is 0.348. The van der Waals surface area contributed by atoms with Crippen molar-refractivity contribution < 1.29 is 23.9 Å². The third kappa shape index (κ3) is 4.00. The van der Waals surface area contributed by atoms with E-state index in [-0.39, 0.29) is 24.3 Å². The first-order chi connectivity index (χ1) is 15.6. The number of thioether (sulfide) groups is 1. The number of fused-ring (bicyclic) bond motifs is 2. The zero-order chi connectivity index (χ0) is 22.1. The maximum atomic E-state index is 13.3. The summed E-state index contributed by atoms with van der Waals surface area (Å²) in [6.07, 6.45) is 1.91. The van der Waals surface area contributed by atoms with Gasteiger partial charge in [0.25, 0.3) is 5.91 Å². The standard InChI is InChI=1S/C23H23N3O5S/c27-20(24-15-7-8-17-18(13-15)31-12-11-30-17)14-26-16-5-1-2-6-19(16)32-21(23(26)29)22(28)25-9-3-4-10-25/h1-2,5-8,13,21H,3-4,9-12,14H2,(H,24,27)/t21-/m1/s1. The van der Waals surface area contributed by atoms with E-state index in [0.29, 0.717) is 49.2 Å². The highest BCUT2D eigenvalue weighted by molar-refractivity contribution is 8.01. The number of ether oxygens (including phenoxy) is 2. The van der Waals surface area contributed by atoms with Gasteiger partial charge >= 0.3 is 0 Å². The summed E-state index contributed by atoms with van der Waals surface area (Å²) in [5, 5.41) is 1.95. The molecule has 1 atom stereocenters. The second-order valence-electron chi connectivity index (χ2n) is 7.83. The van der Waals surface area contributed by atoms with Crippen LogP contribution in [0, 0.1) is 0 Å². The highest BCUT2D eigenvalue weighted by Crippen LogP contribution is 2.40. The van der Waals surface area contributed by atoms with Crippen LogP contribution in [0.4, 0.5) is 11.4 Å². The van der Waals surface area contributed by atoms with Crippen molar-refractivity contribution in [3.63, 3.8) is 0 Å². The summed E-state index contributed by atoms with van der Waals surface area (Å²) in [6.45, 7) is 2.11. The van der Waals surface area contributed by atoms with Crippen LogP contribution in [0.3, 0.4) is 0 Å². The average Bonchev–Trinajstić information content (AvgIpc) is 3.35. The van der Waals surface area contributed by atoms with Crippen LogP contribution < -0.4 is 19.7 Å². The smallest absolute Gasteiger partial charge is 0.250 e. The Bertz CT molecular complexity index is 1070. The molecule has 3 amide bonds. The van der Waals surface area contributed by atoms with Crippen molar-refractivity contribution in [3.8, 4) is 11.5 Å². The third-order valence-corrected chi connectivity index (χ3v) is 6.90. The minimum Gasteiger partial charge on any atom is -0.486 e. The van der Waals surface area contributed by atoms with Crippen molar-refractivity contribution >= 4 is 40.9 Å². The molecule has 3 aliphatic rings. The molecule has 0 aromatic heterocycles. The molecule has 1 fully saturated rings. The Kier molecular flexibility index (Phi) is 5.65. The number of hydrogen-bond acceptors (Lipinski definition) is 6. The highest BCUT2D eigenvalue weighted by atomic mass is 32.2. The first kappa shape index (κ1) is 20.7. The van der Waals surface area contributed by atoms with E-state index in [4.69, 9.17) is 9.47 Å². The summed E-state index contributed by atoms with van der Waals surface area (Å²) in [5.41, 5.74) is 1.20. The lowest BCUT2D eigenvalue weighted by Crippen LogP contribution is -2.51. The van der Waals surface area contributed by atoms with Crippen LogP contribution in [0.1, 0.15) is 12.8 Å². The predicted octanol–water partition coefficient (Wildman–Crippen LogP) is 2.53. The van der Waals surface area contributed by atoms with Crippen LogP contribution >= 0.6 is 11.8 Å². The summed E-state index contributed by atoms with van der Waals surface area (Å²) in [6, 6.07) is 12.5. The van der Waals surface area contributed by atoms with Gasteiger partial charge in [-0.25, -0.2) is 0 Å². The topological polar surface area (TPSA) is 88.2 Å². The SMILES string of the molecule is O=C(CN1C(=O)[C@@H](C(=O)N2CCCC2)Sc2ccccc21)Nc1ccc2c(c1)OCCO2. The molecule has 9 heteroatoms. The Morgan fingerprint density at radius 2 is 1.78 bits per heavy atom. The van der Waals surface area contributed by atoms with E-state index >= 15 is 0 Å². The molecule has 1 saturated heterocycles. The van der Waals surface area contributed by atoms with Crippen molar-refractivity contribution in [3.05, 3.63) is 42.5 Å². The van der Waals surface area contributed by atoms with E-state index in [0.717, 1.165) is 17.7 Å². The lowest BCUT2D eigenvalue weighted by atomic mass is 10.2. The molecule has 0 saturated carbocycles. The van der Waals surface area contributed by atoms with Crippen molar-refractivity contribution in [2.45, 2.75) is 23.0 Å². The molecule has 0 unspecified atom stereocenters. The van der Waals surface area contributed by atoms with Crippen LogP contribution in [0.25, 0.3) is 0 Å². The Morgan fingerprint density at radius 1 is 1.03 bits per heavy atom. The van der Waals surface area contributed by atoms with Crippen LogP contribution in [-0.4, -0.2) is 60.7 Å². The quantitative estimate of drug-likeness (QED) is 0.716. The lowest BCUT2D eigenvalue weighted by molar-refractivity contribution is -0.134. The minimum absolute atomic E-state index is 0.177. The molecular formula is C23H23N3O5S. The fourth-order valence-corrected chi connectivity index (χ4v) is 5.29. The van der Waals surface area contributed by atoms with Gasteiger partial charge in [0.15, 0.2) is 16.7 Å². The Balaban J connectivity index is 1.34. The van der Waals surface area contributed by atoms with Crippen molar-refractivity contribution in [2.24, 2.45) is 0 Å². The van der Waals surface area contributed by atoms with Crippen LogP contribution in [-0.2, 0) is 14.4 Å². The van der Waals surface area contributed by atoms with E-state index < -0.39 is 5.25 Å². The zero-order valence-electron chi connectivity index (χ0n) is 17.4. The fourth-order valence-electron chi connectivity index (χ4n) is 4.11. The van der Waals surface area contributed by atoms with Gasteiger partial charge in [0.05, 0.1) is 5.69 Å². The molecule has 3 heterocycles. The number of anilines is 2. The second-order valence-corrected chi connectivity index (χ2v) is 8.98. The average molecular weight is 454 g/mol. The molecule has 2 aromatic carbocycles. The van der Waals surface area contributed by atoms with Crippen molar-refractivity contribution in [2.75, 3.05) is 43.1 Å². The lowest BCUT2D eigenvalue weighted by Gasteiger charge is -2.34. The largest absolute Gasteiger partial charge is 0.486 e. The van der Waals surface area contributed by atoms with Gasteiger partial charge in [-0.05, 0) is 37.1 Å². The number of amides is 3. The first-order valence-corrected chi connectivity index (χ1v) is 11.5. The van der Waals surface area contributed by atoms with Crippen LogP contribution in [0.2, 0.25) is 0 Å². The predicted molar refractivity (Wildman–Crippen MR) is 120 cm³/mol. The summed E-state index contributed by atoms with van der Waals surface area (Å²) in [4.78, 5) is 43.2. The van der Waals surface area contributed by atoms with E-state index in [2.05, 4.69) is 5.32 Å². The molecule has 0 aliphatic carbocycles. The van der Waals surface area contributed by atoms with Gasteiger partial charge in [0.2, 0.25) is 11.8 Å². The van der Waals surface area contributed by atoms with Crippen molar-refractivity contribution in [1.29, 1.82) is 0 Å². The number of likely N-dealkylation sites (tertiary alicyclic amines) is 1. The molecule has 166 valence electrons. The minimum atomic E-state index is -0.870. The number of carbonyl (C=O) groups is 3. The molecule has 32 heavy (non-hydrogen) atoms.